The van der Waals surface area contributed by atoms with Crippen LogP contribution >= 0.6 is 11.8 Å². The smallest absolute Gasteiger partial charge is 0.230 e. The van der Waals surface area contributed by atoms with Gasteiger partial charge < -0.3 is 11.1 Å². The van der Waals surface area contributed by atoms with Crippen molar-refractivity contribution in [2.45, 2.75) is 11.4 Å². The first kappa shape index (κ1) is 13.5. The highest BCUT2D eigenvalue weighted by atomic mass is 32.2. The number of nitrogen functional groups attached to an aromatic ring is 1. The number of para-hydroxylation sites is 1. The highest BCUT2D eigenvalue weighted by Crippen LogP contribution is 2.23. The number of hydrogen-bond acceptors (Lipinski definition) is 3. The third-order valence-electron chi connectivity index (χ3n) is 2.61. The van der Waals surface area contributed by atoms with Gasteiger partial charge in [0, 0.05) is 17.1 Å². The Bertz CT molecular complexity index is 543. The molecule has 3 nitrogen and oxygen atoms in total. The summed E-state index contributed by atoms with van der Waals surface area (Å²) >= 11 is 1.45. The fourth-order valence-electron chi connectivity index (χ4n) is 1.60. The van der Waals surface area contributed by atoms with Gasteiger partial charge in [0.2, 0.25) is 5.91 Å². The van der Waals surface area contributed by atoms with Crippen LogP contribution in [0.25, 0.3) is 0 Å². The second-order valence-corrected chi connectivity index (χ2v) is 5.11. The summed E-state index contributed by atoms with van der Waals surface area (Å²) in [6.45, 7) is 0.560. The van der Waals surface area contributed by atoms with E-state index in [1.165, 1.54) is 11.8 Å². The quantitative estimate of drug-likeness (QED) is 0.650. The lowest BCUT2D eigenvalue weighted by Gasteiger charge is -2.06. The van der Waals surface area contributed by atoms with Crippen LogP contribution in [0.3, 0.4) is 0 Å². The summed E-state index contributed by atoms with van der Waals surface area (Å²) in [6.07, 6.45) is 0. The van der Waals surface area contributed by atoms with E-state index in [-0.39, 0.29) is 5.91 Å². The molecule has 0 heterocycles. The molecule has 0 bridgehead atoms. The van der Waals surface area contributed by atoms with Crippen molar-refractivity contribution in [1.82, 2.24) is 5.32 Å². The topological polar surface area (TPSA) is 55.1 Å². The molecule has 2 aromatic rings. The van der Waals surface area contributed by atoms with E-state index >= 15 is 0 Å². The number of nitrogens with two attached hydrogens (primary N) is 1. The first-order valence-corrected chi connectivity index (χ1v) is 7.02. The monoisotopic (exact) mass is 272 g/mol. The van der Waals surface area contributed by atoms with Crippen LogP contribution in [0.15, 0.2) is 59.5 Å². The number of anilines is 1. The molecular formula is C15H16N2OS. The molecule has 2 aromatic carbocycles. The van der Waals surface area contributed by atoms with Crippen LogP contribution in [-0.2, 0) is 11.3 Å². The number of benzene rings is 2. The van der Waals surface area contributed by atoms with E-state index in [9.17, 15) is 4.79 Å². The van der Waals surface area contributed by atoms with Gasteiger partial charge >= 0.3 is 0 Å². The summed E-state index contributed by atoms with van der Waals surface area (Å²) < 4.78 is 0. The molecule has 0 atom stereocenters. The van der Waals surface area contributed by atoms with Crippen LogP contribution in [0.1, 0.15) is 5.56 Å². The van der Waals surface area contributed by atoms with E-state index in [2.05, 4.69) is 5.32 Å². The van der Waals surface area contributed by atoms with Gasteiger partial charge in [-0.1, -0.05) is 42.5 Å². The average molecular weight is 272 g/mol. The van der Waals surface area contributed by atoms with Crippen LogP contribution in [-0.4, -0.2) is 11.7 Å². The minimum absolute atomic E-state index is 0.0112. The molecule has 19 heavy (non-hydrogen) atoms. The van der Waals surface area contributed by atoms with Crippen molar-refractivity contribution in [2.24, 2.45) is 0 Å². The second-order valence-electron chi connectivity index (χ2n) is 4.09. The Morgan fingerprint density at radius 2 is 1.74 bits per heavy atom. The Balaban J connectivity index is 1.78. The molecule has 0 unspecified atom stereocenters. The number of nitrogens with one attached hydrogen (secondary N) is 1. The third-order valence-corrected chi connectivity index (χ3v) is 3.70. The van der Waals surface area contributed by atoms with E-state index < -0.39 is 0 Å². The van der Waals surface area contributed by atoms with Gasteiger partial charge in [0.15, 0.2) is 0 Å². The zero-order valence-corrected chi connectivity index (χ0v) is 11.3. The summed E-state index contributed by atoms with van der Waals surface area (Å²) in [5.41, 5.74) is 7.63. The zero-order valence-electron chi connectivity index (χ0n) is 10.5. The maximum absolute atomic E-state index is 11.7. The summed E-state index contributed by atoms with van der Waals surface area (Å²) in [5.74, 6) is 0.387. The van der Waals surface area contributed by atoms with Gasteiger partial charge in [-0.05, 0) is 17.7 Å². The molecule has 3 N–H and O–H groups in total. The van der Waals surface area contributed by atoms with Crippen molar-refractivity contribution >= 4 is 23.4 Å². The van der Waals surface area contributed by atoms with Crippen LogP contribution in [0.2, 0.25) is 0 Å². The molecule has 2 rings (SSSR count). The number of hydrogen-bond donors (Lipinski definition) is 2. The van der Waals surface area contributed by atoms with Gasteiger partial charge in [-0.3, -0.25) is 4.79 Å². The molecular weight excluding hydrogens is 256 g/mol. The number of carbonyl (C=O) groups is 1. The summed E-state index contributed by atoms with van der Waals surface area (Å²) in [4.78, 5) is 12.7. The number of rotatable bonds is 5. The van der Waals surface area contributed by atoms with E-state index in [1.807, 2.05) is 54.6 Å². The Kier molecular flexibility index (Phi) is 4.86. The van der Waals surface area contributed by atoms with Crippen molar-refractivity contribution in [3.05, 3.63) is 60.2 Å². The number of carbonyl (C=O) groups excluding carboxylic acids is 1. The lowest BCUT2D eigenvalue weighted by molar-refractivity contribution is -0.118. The van der Waals surface area contributed by atoms with Gasteiger partial charge in [0.25, 0.3) is 0 Å². The molecule has 98 valence electrons. The van der Waals surface area contributed by atoms with Crippen molar-refractivity contribution in [1.29, 1.82) is 0 Å². The van der Waals surface area contributed by atoms with E-state index in [1.54, 1.807) is 0 Å². The second kappa shape index (κ2) is 6.85. The normalized spacial score (nSPS) is 10.1. The fourth-order valence-corrected chi connectivity index (χ4v) is 2.40. The molecule has 0 spiro atoms. The molecule has 0 fully saturated rings. The Labute approximate surface area is 117 Å². The van der Waals surface area contributed by atoms with Crippen molar-refractivity contribution in [3.63, 3.8) is 0 Å². The van der Waals surface area contributed by atoms with Crippen LogP contribution in [0.5, 0.6) is 0 Å². The van der Waals surface area contributed by atoms with E-state index in [4.69, 9.17) is 5.73 Å². The summed E-state index contributed by atoms with van der Waals surface area (Å²) in [7, 11) is 0. The van der Waals surface area contributed by atoms with Crippen molar-refractivity contribution in [2.75, 3.05) is 11.5 Å². The highest BCUT2D eigenvalue weighted by molar-refractivity contribution is 8.00. The maximum Gasteiger partial charge on any atom is 0.230 e. The first-order chi connectivity index (χ1) is 9.25. The minimum Gasteiger partial charge on any atom is -0.398 e. The third kappa shape index (κ3) is 4.34. The average Bonchev–Trinajstić information content (AvgIpc) is 2.45. The molecule has 0 aliphatic carbocycles. The Hall–Kier alpha value is -1.94. The van der Waals surface area contributed by atoms with E-state index in [0.717, 1.165) is 10.5 Å². The Morgan fingerprint density at radius 3 is 2.47 bits per heavy atom. The maximum atomic E-state index is 11.7. The molecule has 4 heteroatoms. The highest BCUT2D eigenvalue weighted by Gasteiger charge is 2.04. The Morgan fingerprint density at radius 1 is 1.05 bits per heavy atom. The van der Waals surface area contributed by atoms with Gasteiger partial charge in [0.1, 0.15) is 0 Å². The van der Waals surface area contributed by atoms with Crippen molar-refractivity contribution < 1.29 is 4.79 Å². The standard InChI is InChI=1S/C15H16N2OS/c16-13-8-4-5-9-14(13)19-11-15(18)17-10-12-6-2-1-3-7-12/h1-9H,10-11,16H2,(H,17,18). The lowest BCUT2D eigenvalue weighted by atomic mass is 10.2. The van der Waals surface area contributed by atoms with Crippen LogP contribution < -0.4 is 11.1 Å². The first-order valence-electron chi connectivity index (χ1n) is 6.03. The SMILES string of the molecule is Nc1ccccc1SCC(=O)NCc1ccccc1. The number of amides is 1. The predicted molar refractivity (Wildman–Crippen MR) is 79.9 cm³/mol. The van der Waals surface area contributed by atoms with Gasteiger partial charge in [-0.25, -0.2) is 0 Å². The molecule has 1 amide bonds. The fraction of sp³-hybridized carbons (Fsp3) is 0.133. The van der Waals surface area contributed by atoms with Gasteiger partial charge in [-0.15, -0.1) is 11.8 Å². The van der Waals surface area contributed by atoms with Crippen LogP contribution in [0.4, 0.5) is 5.69 Å². The molecule has 0 saturated carbocycles. The lowest BCUT2D eigenvalue weighted by Crippen LogP contribution is -2.24. The van der Waals surface area contributed by atoms with Gasteiger partial charge in [0.05, 0.1) is 5.75 Å². The molecule has 0 aliphatic heterocycles. The zero-order chi connectivity index (χ0) is 13.5. The largest absolute Gasteiger partial charge is 0.398 e. The van der Waals surface area contributed by atoms with E-state index in [0.29, 0.717) is 18.0 Å². The molecule has 0 radical (unpaired) electrons. The van der Waals surface area contributed by atoms with Crippen LogP contribution in [0, 0.1) is 0 Å². The molecule has 0 aromatic heterocycles. The summed E-state index contributed by atoms with van der Waals surface area (Å²) in [5, 5.41) is 2.89. The predicted octanol–water partition coefficient (Wildman–Crippen LogP) is 2.68. The molecule has 0 aliphatic rings. The number of thioether (sulfide) groups is 1. The summed E-state index contributed by atoms with van der Waals surface area (Å²) in [6, 6.07) is 17.4. The molecule has 0 saturated heterocycles. The minimum atomic E-state index is 0.0112. The van der Waals surface area contributed by atoms with Crippen molar-refractivity contribution in [3.8, 4) is 0 Å². The van der Waals surface area contributed by atoms with Gasteiger partial charge in [-0.2, -0.15) is 0 Å².